The molecule has 1 aromatic rings. The van der Waals surface area contributed by atoms with E-state index in [4.69, 9.17) is 9.47 Å². The van der Waals surface area contributed by atoms with Crippen molar-refractivity contribution in [1.29, 1.82) is 0 Å². The third-order valence-corrected chi connectivity index (χ3v) is 2.97. The van der Waals surface area contributed by atoms with Crippen LogP contribution in [0.5, 0.6) is 5.75 Å². The van der Waals surface area contributed by atoms with Crippen LogP contribution >= 0.6 is 0 Å². The molecule has 1 aliphatic heterocycles. The molecule has 6 nitrogen and oxygen atoms in total. The Labute approximate surface area is 107 Å². The minimum Gasteiger partial charge on any atom is -0.490 e. The van der Waals surface area contributed by atoms with Crippen molar-refractivity contribution in [2.75, 3.05) is 43.6 Å². The van der Waals surface area contributed by atoms with Gasteiger partial charge in [-0.05, 0) is 13.8 Å². The standard InChI is InChI=1S/C12H20N4O2/c1-4-13-11-10(17-3)12(15-8-14-11)16-5-6-18-7-9(16)2/h8-9H,4-7H2,1-3H3,(H,13,14,15). The second kappa shape index (κ2) is 5.86. The van der Waals surface area contributed by atoms with E-state index in [2.05, 4.69) is 27.1 Å². The zero-order valence-corrected chi connectivity index (χ0v) is 11.1. The average Bonchev–Trinajstić information content (AvgIpc) is 2.39. The van der Waals surface area contributed by atoms with E-state index in [1.54, 1.807) is 13.4 Å². The van der Waals surface area contributed by atoms with E-state index in [9.17, 15) is 0 Å². The van der Waals surface area contributed by atoms with E-state index in [0.29, 0.717) is 19.0 Å². The Morgan fingerprint density at radius 2 is 2.39 bits per heavy atom. The maximum absolute atomic E-state index is 5.46. The number of hydrogen-bond donors (Lipinski definition) is 1. The molecule has 0 amide bonds. The predicted molar refractivity (Wildman–Crippen MR) is 70.4 cm³/mol. The molecule has 1 unspecified atom stereocenters. The van der Waals surface area contributed by atoms with Crippen molar-refractivity contribution < 1.29 is 9.47 Å². The molecule has 1 aliphatic rings. The summed E-state index contributed by atoms with van der Waals surface area (Å²) >= 11 is 0. The minimum absolute atomic E-state index is 0.289. The summed E-state index contributed by atoms with van der Waals surface area (Å²) in [6.45, 7) is 7.19. The summed E-state index contributed by atoms with van der Waals surface area (Å²) in [6.07, 6.45) is 1.57. The molecule has 1 N–H and O–H groups in total. The van der Waals surface area contributed by atoms with E-state index < -0.39 is 0 Å². The van der Waals surface area contributed by atoms with Gasteiger partial charge in [-0.1, -0.05) is 0 Å². The minimum atomic E-state index is 0.289. The van der Waals surface area contributed by atoms with Crippen LogP contribution in [-0.4, -0.2) is 49.4 Å². The molecule has 2 heterocycles. The zero-order chi connectivity index (χ0) is 13.0. The van der Waals surface area contributed by atoms with E-state index in [-0.39, 0.29) is 6.04 Å². The summed E-state index contributed by atoms with van der Waals surface area (Å²) in [5.41, 5.74) is 0. The van der Waals surface area contributed by atoms with E-state index in [0.717, 1.165) is 24.7 Å². The summed E-state index contributed by atoms with van der Waals surface area (Å²) in [7, 11) is 1.65. The first-order chi connectivity index (χ1) is 8.77. The summed E-state index contributed by atoms with van der Waals surface area (Å²) < 4.78 is 10.9. The summed E-state index contributed by atoms with van der Waals surface area (Å²) in [5, 5.41) is 3.19. The Balaban J connectivity index is 2.33. The highest BCUT2D eigenvalue weighted by Gasteiger charge is 2.25. The fraction of sp³-hybridized carbons (Fsp3) is 0.667. The summed E-state index contributed by atoms with van der Waals surface area (Å²) in [6, 6.07) is 0.289. The fourth-order valence-electron chi connectivity index (χ4n) is 2.09. The Morgan fingerprint density at radius 3 is 3.06 bits per heavy atom. The van der Waals surface area contributed by atoms with Crippen LogP contribution < -0.4 is 15.0 Å². The van der Waals surface area contributed by atoms with Crippen LogP contribution in [0.1, 0.15) is 13.8 Å². The van der Waals surface area contributed by atoms with Crippen LogP contribution in [0.3, 0.4) is 0 Å². The molecule has 1 fully saturated rings. The molecule has 6 heteroatoms. The lowest BCUT2D eigenvalue weighted by Crippen LogP contribution is -2.44. The van der Waals surface area contributed by atoms with Crippen LogP contribution in [0.2, 0.25) is 0 Å². The van der Waals surface area contributed by atoms with Gasteiger partial charge in [-0.25, -0.2) is 9.97 Å². The highest BCUT2D eigenvalue weighted by atomic mass is 16.5. The number of methoxy groups -OCH3 is 1. The van der Waals surface area contributed by atoms with Crippen LogP contribution in [0.4, 0.5) is 11.6 Å². The largest absolute Gasteiger partial charge is 0.490 e. The normalized spacial score (nSPS) is 19.7. The maximum Gasteiger partial charge on any atom is 0.204 e. The monoisotopic (exact) mass is 252 g/mol. The topological polar surface area (TPSA) is 59.5 Å². The number of rotatable bonds is 4. The van der Waals surface area contributed by atoms with Gasteiger partial charge in [-0.15, -0.1) is 0 Å². The van der Waals surface area contributed by atoms with Crippen molar-refractivity contribution in [3.8, 4) is 5.75 Å². The van der Waals surface area contributed by atoms with E-state index in [1.807, 2.05) is 6.92 Å². The first-order valence-corrected chi connectivity index (χ1v) is 6.25. The number of hydrogen-bond acceptors (Lipinski definition) is 6. The van der Waals surface area contributed by atoms with Gasteiger partial charge in [-0.3, -0.25) is 0 Å². The number of aromatic nitrogens is 2. The number of ether oxygens (including phenoxy) is 2. The molecule has 100 valence electrons. The summed E-state index contributed by atoms with van der Waals surface area (Å²) in [4.78, 5) is 10.8. The number of morpholine rings is 1. The first kappa shape index (κ1) is 12.9. The predicted octanol–water partition coefficient (Wildman–Crippen LogP) is 1.14. The van der Waals surface area contributed by atoms with Gasteiger partial charge >= 0.3 is 0 Å². The molecular formula is C12H20N4O2. The molecule has 1 saturated heterocycles. The van der Waals surface area contributed by atoms with E-state index >= 15 is 0 Å². The van der Waals surface area contributed by atoms with Crippen molar-refractivity contribution in [2.24, 2.45) is 0 Å². The molecule has 18 heavy (non-hydrogen) atoms. The second-order valence-electron chi connectivity index (χ2n) is 4.23. The first-order valence-electron chi connectivity index (χ1n) is 6.25. The van der Waals surface area contributed by atoms with Crippen LogP contribution in [0.25, 0.3) is 0 Å². The molecule has 2 rings (SSSR count). The molecule has 0 saturated carbocycles. The second-order valence-corrected chi connectivity index (χ2v) is 4.23. The molecule has 0 bridgehead atoms. The number of nitrogens with one attached hydrogen (secondary N) is 1. The Morgan fingerprint density at radius 1 is 1.56 bits per heavy atom. The van der Waals surface area contributed by atoms with Gasteiger partial charge in [0.2, 0.25) is 5.75 Å². The lowest BCUT2D eigenvalue weighted by Gasteiger charge is -2.35. The zero-order valence-electron chi connectivity index (χ0n) is 11.1. The van der Waals surface area contributed by atoms with Crippen LogP contribution in [0, 0.1) is 0 Å². The summed E-state index contributed by atoms with van der Waals surface area (Å²) in [5.74, 6) is 2.27. The van der Waals surface area contributed by atoms with Gasteiger partial charge in [0.05, 0.1) is 26.4 Å². The Kier molecular flexibility index (Phi) is 4.19. The molecular weight excluding hydrogens is 232 g/mol. The number of anilines is 2. The van der Waals surface area contributed by atoms with Crippen molar-refractivity contribution in [3.05, 3.63) is 6.33 Å². The SMILES string of the molecule is CCNc1ncnc(N2CCOCC2C)c1OC. The van der Waals surface area contributed by atoms with Crippen molar-refractivity contribution in [3.63, 3.8) is 0 Å². The lowest BCUT2D eigenvalue weighted by atomic mass is 10.2. The van der Waals surface area contributed by atoms with Crippen molar-refractivity contribution in [2.45, 2.75) is 19.9 Å². The van der Waals surface area contributed by atoms with Crippen molar-refractivity contribution in [1.82, 2.24) is 9.97 Å². The highest BCUT2D eigenvalue weighted by Crippen LogP contribution is 2.33. The van der Waals surface area contributed by atoms with Gasteiger partial charge in [0.1, 0.15) is 6.33 Å². The van der Waals surface area contributed by atoms with Gasteiger partial charge in [0, 0.05) is 13.1 Å². The smallest absolute Gasteiger partial charge is 0.204 e. The number of nitrogens with zero attached hydrogens (tertiary/aromatic N) is 3. The third kappa shape index (κ3) is 2.48. The van der Waals surface area contributed by atoms with Crippen LogP contribution in [-0.2, 0) is 4.74 Å². The van der Waals surface area contributed by atoms with Crippen molar-refractivity contribution >= 4 is 11.6 Å². The molecule has 0 aromatic carbocycles. The van der Waals surface area contributed by atoms with Crippen LogP contribution in [0.15, 0.2) is 6.33 Å². The Hall–Kier alpha value is -1.56. The average molecular weight is 252 g/mol. The maximum atomic E-state index is 5.46. The molecule has 0 aliphatic carbocycles. The molecule has 0 spiro atoms. The molecule has 1 atom stereocenters. The lowest BCUT2D eigenvalue weighted by molar-refractivity contribution is 0.0982. The molecule has 1 aromatic heterocycles. The quantitative estimate of drug-likeness (QED) is 0.867. The van der Waals surface area contributed by atoms with Gasteiger partial charge in [0.15, 0.2) is 11.6 Å². The third-order valence-electron chi connectivity index (χ3n) is 2.97. The highest BCUT2D eigenvalue weighted by molar-refractivity contribution is 5.65. The fourth-order valence-corrected chi connectivity index (χ4v) is 2.09. The van der Waals surface area contributed by atoms with Gasteiger partial charge in [0.25, 0.3) is 0 Å². The van der Waals surface area contributed by atoms with Gasteiger partial charge < -0.3 is 19.7 Å². The Bertz CT molecular complexity index is 400. The molecule has 0 radical (unpaired) electrons. The van der Waals surface area contributed by atoms with E-state index in [1.165, 1.54) is 0 Å². The van der Waals surface area contributed by atoms with Gasteiger partial charge in [-0.2, -0.15) is 0 Å².